The summed E-state index contributed by atoms with van der Waals surface area (Å²) in [5.41, 5.74) is 24.2. The van der Waals surface area contributed by atoms with Crippen LogP contribution in [0.1, 0.15) is 71.5 Å². The van der Waals surface area contributed by atoms with Crippen LogP contribution in [-0.4, -0.2) is 13.7 Å². The first kappa shape index (κ1) is 49.7. The second-order valence-electron chi connectivity index (χ2n) is 21.6. The van der Waals surface area contributed by atoms with Crippen molar-refractivity contribution >= 4 is 50.4 Å². The first-order chi connectivity index (χ1) is 37.7. The third-order valence-electron chi connectivity index (χ3n) is 15.2. The lowest BCUT2D eigenvalue weighted by Gasteiger charge is -2.16. The van der Waals surface area contributed by atoms with Crippen LogP contribution in [0.25, 0.3) is 90.3 Å². The molecule has 0 aliphatic heterocycles. The van der Waals surface area contributed by atoms with Gasteiger partial charge in [-0.05, 0) is 150 Å². The molecule has 0 N–H and O–H groups in total. The van der Waals surface area contributed by atoms with E-state index < -0.39 is 0 Å². The van der Waals surface area contributed by atoms with Crippen LogP contribution in [0.2, 0.25) is 0 Å². The Bertz CT molecular complexity index is 4560. The summed E-state index contributed by atoms with van der Waals surface area (Å²) in [5, 5.41) is 0. The molecule has 386 valence electrons. The summed E-state index contributed by atoms with van der Waals surface area (Å²) in [5.74, 6) is 3.48. The Balaban J connectivity index is 0.000000118. The number of aromatic nitrogens is 6. The smallest absolute Gasteiger partial charge is 0.339 e. The van der Waals surface area contributed by atoms with Crippen LogP contribution in [0, 0.1) is 55.4 Å². The van der Waals surface area contributed by atoms with Crippen LogP contribution in [0.4, 0.5) is 0 Å². The molecule has 14 aromatic rings. The summed E-state index contributed by atoms with van der Waals surface area (Å²) in [6.07, 6.45) is 0. The molecule has 0 unspecified atom stereocenters. The van der Waals surface area contributed by atoms with Gasteiger partial charge in [0.15, 0.2) is 50.4 Å². The molecule has 0 saturated heterocycles. The molecule has 0 spiro atoms. The van der Waals surface area contributed by atoms with Gasteiger partial charge in [0.2, 0.25) is 0 Å². The van der Waals surface area contributed by atoms with E-state index in [0.29, 0.717) is 0 Å². The molecule has 6 aromatic heterocycles. The second-order valence-corrected chi connectivity index (χ2v) is 21.6. The van der Waals surface area contributed by atoms with Gasteiger partial charge in [0.25, 0.3) is 5.82 Å². The first-order valence-electron chi connectivity index (χ1n) is 26.9. The largest absolute Gasteiger partial charge is 0.415 e. The molecule has 0 bridgehead atoms. The molecule has 0 saturated carbocycles. The lowest BCUT2D eigenvalue weighted by molar-refractivity contribution is -0.501. The molecule has 6 heterocycles. The van der Waals surface area contributed by atoms with E-state index in [1.165, 1.54) is 56.3 Å². The fraction of sp³-hybridized carbons (Fsp3) is 0.174. The maximum atomic E-state index is 6.31. The van der Waals surface area contributed by atoms with Crippen molar-refractivity contribution in [3.05, 3.63) is 245 Å². The lowest BCUT2D eigenvalue weighted by Crippen LogP contribution is -2.34. The van der Waals surface area contributed by atoms with E-state index in [9.17, 15) is 0 Å². The van der Waals surface area contributed by atoms with E-state index in [1.807, 2.05) is 42.5 Å². The predicted molar refractivity (Wildman–Crippen MR) is 314 cm³/mol. The van der Waals surface area contributed by atoms with E-state index in [4.69, 9.17) is 13.3 Å². The molecule has 0 fully saturated rings. The summed E-state index contributed by atoms with van der Waals surface area (Å²) in [6, 6.07) is 67.2. The molecule has 14 rings (SSSR count). The molecule has 0 amide bonds. The first-order valence-corrected chi connectivity index (χ1v) is 26.9. The Morgan fingerprint density at radius 1 is 0.321 bits per heavy atom. The Kier molecular flexibility index (Phi) is 12.4. The van der Waals surface area contributed by atoms with Crippen LogP contribution in [0.15, 0.2) is 207 Å². The molecule has 9 nitrogen and oxygen atoms in total. The monoisotopic (exact) mass is 1030 g/mol. The van der Waals surface area contributed by atoms with Crippen molar-refractivity contribution in [2.75, 3.05) is 0 Å². The maximum Gasteiger partial charge on any atom is 0.339 e. The number of hydrogen-bond donors (Lipinski definition) is 0. The van der Waals surface area contributed by atoms with Gasteiger partial charge in [-0.2, -0.15) is 26.9 Å². The van der Waals surface area contributed by atoms with Gasteiger partial charge in [0, 0.05) is 20.8 Å². The van der Waals surface area contributed by atoms with Crippen molar-refractivity contribution in [1.29, 1.82) is 0 Å². The van der Waals surface area contributed by atoms with Gasteiger partial charge in [0.1, 0.15) is 17.1 Å². The highest BCUT2D eigenvalue weighted by Crippen LogP contribution is 2.36. The number of benzene rings is 8. The van der Waals surface area contributed by atoms with Crippen molar-refractivity contribution in [2.24, 2.45) is 0 Å². The van der Waals surface area contributed by atoms with E-state index in [2.05, 4.69) is 255 Å². The zero-order chi connectivity index (χ0) is 54.1. The number of imidazole rings is 3. The van der Waals surface area contributed by atoms with Gasteiger partial charge in [-0.25, -0.2) is 0 Å². The van der Waals surface area contributed by atoms with Crippen molar-refractivity contribution in [3.63, 3.8) is 0 Å². The van der Waals surface area contributed by atoms with Crippen LogP contribution in [-0.2, 0) is 5.41 Å². The summed E-state index contributed by atoms with van der Waals surface area (Å²) < 4.78 is 32.5. The summed E-state index contributed by atoms with van der Waals surface area (Å²) >= 11 is 0. The normalized spacial score (nSPS) is 11.8. The number of fused-ring (bicyclic) bond motifs is 9. The number of para-hydroxylation sites is 9. The van der Waals surface area contributed by atoms with Crippen molar-refractivity contribution in [3.8, 4) is 39.8 Å². The summed E-state index contributed by atoms with van der Waals surface area (Å²) in [4.78, 5) is 0. The number of rotatable bonds is 5. The highest BCUT2D eigenvalue weighted by atomic mass is 16.4. The Morgan fingerprint density at radius 2 is 0.654 bits per heavy atom. The Hall–Kier alpha value is -9.21. The predicted octanol–water partition coefficient (Wildman–Crippen LogP) is 16.0. The molecule has 9 heteroatoms. The fourth-order valence-electron chi connectivity index (χ4n) is 11.6. The number of oxazole rings is 3. The van der Waals surface area contributed by atoms with Crippen LogP contribution < -0.4 is 13.2 Å². The minimum absolute atomic E-state index is 0.0356. The lowest BCUT2D eigenvalue weighted by atomic mass is 9.95. The second kappa shape index (κ2) is 19.4. The average Bonchev–Trinajstić information content (AvgIpc) is 4.44. The number of hydrogen-bond acceptors (Lipinski definition) is 3. The standard InChI is InChI=1S/C25H23N2O.C23H19N2O.C21H23N2O/c1-16-10-5-6-13-20(16)26-19(4)25-27(21-14-7-8-15-22(21)28-25)24(26)23-17(2)11-9-12-18(23)3;1-16-10-6-7-13-19(16)24-17(2)23-25(20-14-8-9-15-21(20)26-23)22(24)18-11-4-3-5-12-18;1-14-10-6-7-11-16(14)22-15(2)19-23(20(22)21(3,4)5)17-12-8-9-13-18(17)24-19/h5-15H,1-4H3;3-15H,1-2H3;6-13H,1-5H3/q3*+1. The van der Waals surface area contributed by atoms with Gasteiger partial charge in [0.05, 0.1) is 16.5 Å². The number of aryl methyl sites for hydroxylation is 8. The molecular formula is C69H65N6O3+3. The minimum atomic E-state index is -0.0356. The van der Waals surface area contributed by atoms with Gasteiger partial charge >= 0.3 is 28.8 Å². The highest BCUT2D eigenvalue weighted by Gasteiger charge is 2.39. The summed E-state index contributed by atoms with van der Waals surface area (Å²) in [7, 11) is 0. The van der Waals surface area contributed by atoms with Gasteiger partial charge < -0.3 is 13.3 Å². The molecule has 0 radical (unpaired) electrons. The number of nitrogens with zero attached hydrogens (tertiary/aromatic N) is 6. The third-order valence-corrected chi connectivity index (χ3v) is 15.2. The zero-order valence-electron chi connectivity index (χ0n) is 46.4. The third kappa shape index (κ3) is 8.11. The molecule has 78 heavy (non-hydrogen) atoms. The van der Waals surface area contributed by atoms with Crippen LogP contribution in [0.5, 0.6) is 0 Å². The zero-order valence-corrected chi connectivity index (χ0v) is 46.4. The van der Waals surface area contributed by atoms with E-state index in [0.717, 1.165) is 84.7 Å². The average molecular weight is 1030 g/mol. The fourth-order valence-corrected chi connectivity index (χ4v) is 11.6. The quantitative estimate of drug-likeness (QED) is 0.161. The topological polar surface area (TPSA) is 66.5 Å². The van der Waals surface area contributed by atoms with Gasteiger partial charge in [-0.15, -0.1) is 0 Å². The minimum Gasteiger partial charge on any atom is -0.415 e. The van der Waals surface area contributed by atoms with Crippen molar-refractivity contribution in [1.82, 2.24) is 13.7 Å². The van der Waals surface area contributed by atoms with E-state index >= 15 is 0 Å². The SMILES string of the molecule is Cc1ccccc1-n1c(C)c2oc3ccccc3[n+]2c1-c1c(C)cccc1C.Cc1ccccc1-n1c(C)c2oc3ccccc3[n+]2c1-c1ccccc1.Cc1ccccc1-n1c(C)c2oc3ccccc3[n+]2c1C(C)(C)C. The molecule has 8 aromatic carbocycles. The van der Waals surface area contributed by atoms with Crippen LogP contribution >= 0.6 is 0 Å². The Morgan fingerprint density at radius 3 is 1.10 bits per heavy atom. The molecule has 0 atom stereocenters. The van der Waals surface area contributed by atoms with Gasteiger partial charge in [-0.3, -0.25) is 0 Å². The van der Waals surface area contributed by atoms with E-state index in [1.54, 1.807) is 0 Å². The van der Waals surface area contributed by atoms with Crippen molar-refractivity contribution in [2.45, 2.75) is 81.6 Å². The van der Waals surface area contributed by atoms with Crippen molar-refractivity contribution < 1.29 is 26.5 Å². The molecular weight excluding hydrogens is 961 g/mol. The Labute approximate surface area is 454 Å². The molecule has 0 aliphatic carbocycles. The van der Waals surface area contributed by atoms with E-state index in [-0.39, 0.29) is 5.41 Å². The maximum absolute atomic E-state index is 6.31. The van der Waals surface area contributed by atoms with Crippen LogP contribution in [0.3, 0.4) is 0 Å². The molecule has 0 aliphatic rings. The highest BCUT2D eigenvalue weighted by molar-refractivity contribution is 5.77. The van der Waals surface area contributed by atoms with Gasteiger partial charge in [-0.1, -0.05) is 127 Å². The summed E-state index contributed by atoms with van der Waals surface area (Å²) in [6.45, 7) is 24.0.